The summed E-state index contributed by atoms with van der Waals surface area (Å²) < 4.78 is 15.5. The molecule has 0 aromatic carbocycles. The third kappa shape index (κ3) is 6.11. The SMILES string of the molecule is CCOC(=O)C1=C(C)NC(C)=C(C(=O)OCC)C1C(=O)OCC(=O)N[C@@H]1CCCC[C@H]1C. The van der Waals surface area contributed by atoms with E-state index in [2.05, 4.69) is 17.6 Å². The Balaban J connectivity index is 2.21. The monoisotopic (exact) mass is 450 g/mol. The van der Waals surface area contributed by atoms with Crippen LogP contribution < -0.4 is 10.6 Å². The third-order valence-corrected chi connectivity index (χ3v) is 5.79. The van der Waals surface area contributed by atoms with Crippen molar-refractivity contribution in [2.75, 3.05) is 19.8 Å². The molecule has 0 radical (unpaired) electrons. The Morgan fingerprint density at radius 2 is 1.44 bits per heavy atom. The molecule has 32 heavy (non-hydrogen) atoms. The fourth-order valence-corrected chi connectivity index (χ4v) is 4.19. The summed E-state index contributed by atoms with van der Waals surface area (Å²) in [6, 6.07) is 0.0447. The first kappa shape index (κ1) is 25.4. The van der Waals surface area contributed by atoms with Gasteiger partial charge in [0.2, 0.25) is 0 Å². The summed E-state index contributed by atoms with van der Waals surface area (Å²) >= 11 is 0. The van der Waals surface area contributed by atoms with Crippen LogP contribution in [0, 0.1) is 11.8 Å². The molecule has 0 bridgehead atoms. The van der Waals surface area contributed by atoms with E-state index in [1.165, 1.54) is 0 Å². The van der Waals surface area contributed by atoms with Crippen molar-refractivity contribution in [3.05, 3.63) is 22.5 Å². The van der Waals surface area contributed by atoms with Crippen LogP contribution in [0.1, 0.15) is 60.3 Å². The van der Waals surface area contributed by atoms with E-state index in [0.717, 1.165) is 25.7 Å². The molecule has 0 unspecified atom stereocenters. The van der Waals surface area contributed by atoms with Crippen molar-refractivity contribution in [1.29, 1.82) is 0 Å². The zero-order valence-corrected chi connectivity index (χ0v) is 19.5. The average molecular weight is 451 g/mol. The summed E-state index contributed by atoms with van der Waals surface area (Å²) in [6.07, 6.45) is 4.12. The van der Waals surface area contributed by atoms with Gasteiger partial charge < -0.3 is 24.8 Å². The lowest BCUT2D eigenvalue weighted by Gasteiger charge is -2.30. The standard InChI is InChI=1S/C23H34N2O7/c1-6-30-21(27)18-14(4)24-15(5)19(22(28)31-7-2)20(18)23(29)32-12-17(26)25-16-11-9-8-10-13(16)3/h13,16,20,24H,6-12H2,1-5H3,(H,25,26)/t13-,16-/m1/s1. The molecular weight excluding hydrogens is 416 g/mol. The van der Waals surface area contributed by atoms with Crippen LogP contribution >= 0.6 is 0 Å². The Bertz CT molecular complexity index is 775. The molecule has 2 N–H and O–H groups in total. The van der Waals surface area contributed by atoms with Crippen molar-refractivity contribution in [3.8, 4) is 0 Å². The molecule has 9 nitrogen and oxygen atoms in total. The maximum atomic E-state index is 13.1. The van der Waals surface area contributed by atoms with Crippen molar-refractivity contribution in [3.63, 3.8) is 0 Å². The van der Waals surface area contributed by atoms with Crippen LogP contribution in [0.15, 0.2) is 22.5 Å². The van der Waals surface area contributed by atoms with Gasteiger partial charge in [0, 0.05) is 17.4 Å². The smallest absolute Gasteiger partial charge is 0.337 e. The van der Waals surface area contributed by atoms with Crippen molar-refractivity contribution in [1.82, 2.24) is 10.6 Å². The zero-order valence-electron chi connectivity index (χ0n) is 19.5. The van der Waals surface area contributed by atoms with Gasteiger partial charge in [-0.1, -0.05) is 19.8 Å². The van der Waals surface area contributed by atoms with E-state index < -0.39 is 36.3 Å². The molecule has 1 aliphatic carbocycles. The molecule has 1 aliphatic heterocycles. The number of carbonyl (C=O) groups excluding carboxylic acids is 4. The lowest BCUT2D eigenvalue weighted by atomic mass is 9.85. The lowest BCUT2D eigenvalue weighted by molar-refractivity contribution is -0.154. The fraction of sp³-hybridized carbons (Fsp3) is 0.652. The van der Waals surface area contributed by atoms with E-state index >= 15 is 0 Å². The summed E-state index contributed by atoms with van der Waals surface area (Å²) in [5.74, 6) is -3.78. The van der Waals surface area contributed by atoms with Gasteiger partial charge in [0.05, 0.1) is 24.4 Å². The maximum absolute atomic E-state index is 13.1. The number of allylic oxidation sites excluding steroid dienone is 2. The average Bonchev–Trinajstić information content (AvgIpc) is 2.73. The van der Waals surface area contributed by atoms with Crippen molar-refractivity contribution in [2.45, 2.75) is 66.3 Å². The first-order valence-corrected chi connectivity index (χ1v) is 11.2. The molecule has 1 fully saturated rings. The highest BCUT2D eigenvalue weighted by Crippen LogP contribution is 2.32. The quantitative estimate of drug-likeness (QED) is 0.426. The Labute approximate surface area is 188 Å². The van der Waals surface area contributed by atoms with Crippen LogP contribution in [0.3, 0.4) is 0 Å². The molecule has 2 aliphatic rings. The summed E-state index contributed by atoms with van der Waals surface area (Å²) in [5.41, 5.74) is 0.673. The number of esters is 3. The number of hydrogen-bond donors (Lipinski definition) is 2. The Kier molecular flexibility index (Phi) is 9.28. The van der Waals surface area contributed by atoms with Gasteiger partial charge in [-0.2, -0.15) is 0 Å². The molecule has 2 rings (SSSR count). The third-order valence-electron chi connectivity index (χ3n) is 5.79. The van der Waals surface area contributed by atoms with Gasteiger partial charge in [-0.05, 0) is 46.5 Å². The minimum atomic E-state index is -1.35. The van der Waals surface area contributed by atoms with Crippen LogP contribution in [-0.4, -0.2) is 49.7 Å². The van der Waals surface area contributed by atoms with E-state index in [1.54, 1.807) is 27.7 Å². The number of carbonyl (C=O) groups is 4. The highest BCUT2D eigenvalue weighted by atomic mass is 16.5. The molecule has 9 heteroatoms. The number of dihydropyridines is 1. The topological polar surface area (TPSA) is 120 Å². The molecule has 0 saturated heterocycles. The molecule has 0 spiro atoms. The van der Waals surface area contributed by atoms with Gasteiger partial charge in [-0.3, -0.25) is 9.59 Å². The number of hydrogen-bond acceptors (Lipinski definition) is 8. The largest absolute Gasteiger partial charge is 0.463 e. The zero-order chi connectivity index (χ0) is 23.8. The normalized spacial score (nSPS) is 21.5. The molecule has 0 aromatic rings. The fourth-order valence-electron chi connectivity index (χ4n) is 4.19. The molecule has 2 atom stereocenters. The van der Waals surface area contributed by atoms with E-state index in [0.29, 0.717) is 17.3 Å². The minimum Gasteiger partial charge on any atom is -0.463 e. The van der Waals surface area contributed by atoms with E-state index in [-0.39, 0.29) is 30.4 Å². The lowest BCUT2D eigenvalue weighted by Crippen LogP contribution is -2.44. The first-order chi connectivity index (χ1) is 15.2. The summed E-state index contributed by atoms with van der Waals surface area (Å²) in [7, 11) is 0. The second-order valence-corrected chi connectivity index (χ2v) is 8.12. The van der Waals surface area contributed by atoms with Gasteiger partial charge in [0.1, 0.15) is 5.92 Å². The van der Waals surface area contributed by atoms with Crippen LogP contribution in [0.5, 0.6) is 0 Å². The van der Waals surface area contributed by atoms with Crippen LogP contribution in [0.4, 0.5) is 0 Å². The number of rotatable bonds is 8. The van der Waals surface area contributed by atoms with Crippen molar-refractivity contribution >= 4 is 23.8 Å². The van der Waals surface area contributed by atoms with Gasteiger partial charge in [-0.25, -0.2) is 9.59 Å². The number of nitrogens with one attached hydrogen (secondary N) is 2. The molecule has 0 aromatic heterocycles. The van der Waals surface area contributed by atoms with Gasteiger partial charge >= 0.3 is 17.9 Å². The second kappa shape index (κ2) is 11.7. The van der Waals surface area contributed by atoms with Gasteiger partial charge in [-0.15, -0.1) is 0 Å². The molecule has 1 amide bonds. The molecular formula is C23H34N2O7. The Morgan fingerprint density at radius 1 is 0.906 bits per heavy atom. The predicted molar refractivity (Wildman–Crippen MR) is 116 cm³/mol. The van der Waals surface area contributed by atoms with E-state index in [4.69, 9.17) is 14.2 Å². The highest BCUT2D eigenvalue weighted by molar-refractivity contribution is 6.05. The highest BCUT2D eigenvalue weighted by Gasteiger charge is 2.42. The summed E-state index contributed by atoms with van der Waals surface area (Å²) in [6.45, 7) is 8.26. The molecule has 1 heterocycles. The molecule has 178 valence electrons. The van der Waals surface area contributed by atoms with Crippen LogP contribution in [-0.2, 0) is 33.4 Å². The first-order valence-electron chi connectivity index (χ1n) is 11.2. The minimum absolute atomic E-state index is 0.0354. The second-order valence-electron chi connectivity index (χ2n) is 8.12. The van der Waals surface area contributed by atoms with E-state index in [9.17, 15) is 19.2 Å². The van der Waals surface area contributed by atoms with Crippen molar-refractivity contribution < 1.29 is 33.4 Å². The van der Waals surface area contributed by atoms with Crippen LogP contribution in [0.25, 0.3) is 0 Å². The Morgan fingerprint density at radius 3 is 1.94 bits per heavy atom. The number of ether oxygens (including phenoxy) is 3. The van der Waals surface area contributed by atoms with Crippen LogP contribution in [0.2, 0.25) is 0 Å². The number of amides is 1. The Hall–Kier alpha value is -2.84. The summed E-state index contributed by atoms with van der Waals surface area (Å²) in [4.78, 5) is 50.7. The van der Waals surface area contributed by atoms with Crippen molar-refractivity contribution in [2.24, 2.45) is 11.8 Å². The van der Waals surface area contributed by atoms with Gasteiger partial charge in [0.15, 0.2) is 6.61 Å². The van der Waals surface area contributed by atoms with E-state index in [1.807, 2.05) is 0 Å². The predicted octanol–water partition coefficient (Wildman–Crippen LogP) is 2.12. The maximum Gasteiger partial charge on any atom is 0.337 e. The molecule has 1 saturated carbocycles. The summed E-state index contributed by atoms with van der Waals surface area (Å²) in [5, 5.41) is 5.85. The van der Waals surface area contributed by atoms with Gasteiger partial charge in [0.25, 0.3) is 5.91 Å².